The number of anilines is 6. The molecule has 0 aliphatic carbocycles. The van der Waals surface area contributed by atoms with E-state index in [-0.39, 0.29) is 0 Å². The summed E-state index contributed by atoms with van der Waals surface area (Å²) in [6.07, 6.45) is 0. The molecule has 0 spiro atoms. The SMILES string of the molecule is CN(c1ccccc1)c1ccc(-c2ccc3c(c2)c2cc(-c4ccc(N(C)c5ccccc5)cc4)ccc2n3-c2ccc(N(C)c3ccccc3)cc2)cc1. The molecule has 1 aromatic heterocycles. The minimum atomic E-state index is 1.13. The van der Waals surface area contributed by atoms with E-state index in [2.05, 4.69) is 241 Å². The molecule has 8 aromatic carbocycles. The van der Waals surface area contributed by atoms with E-state index in [0.29, 0.717) is 0 Å². The molecule has 0 unspecified atom stereocenters. The lowest BCUT2D eigenvalue weighted by atomic mass is 10.00. The van der Waals surface area contributed by atoms with Crippen LogP contribution >= 0.6 is 0 Å². The molecule has 0 aliphatic rings. The van der Waals surface area contributed by atoms with Gasteiger partial charge in [-0.1, -0.05) is 91.0 Å². The summed E-state index contributed by atoms with van der Waals surface area (Å²) >= 11 is 0. The highest BCUT2D eigenvalue weighted by atomic mass is 15.1. The van der Waals surface area contributed by atoms with E-state index in [9.17, 15) is 0 Å². The van der Waals surface area contributed by atoms with Crippen molar-refractivity contribution in [1.29, 1.82) is 0 Å². The summed E-state index contributed by atoms with van der Waals surface area (Å²) in [6.45, 7) is 0. The summed E-state index contributed by atoms with van der Waals surface area (Å²) in [5.41, 5.74) is 15.2. The standard InChI is InChI=1S/C51H42N4/c1-52(41-13-7-4-8-14-41)44-25-19-37(20-26-44)39-23-33-50-48(35-39)49-36-40(38-21-27-45(28-22-38)53(2)42-15-9-5-10-16-42)24-34-51(49)55(50)47-31-29-46(30-32-47)54(3)43-17-11-6-12-18-43/h4-36H,1-3H3. The molecule has 0 fully saturated rings. The van der Waals surface area contributed by atoms with E-state index in [1.165, 1.54) is 44.1 Å². The lowest BCUT2D eigenvalue weighted by molar-refractivity contribution is 1.16. The zero-order valence-electron chi connectivity index (χ0n) is 31.3. The number of hydrogen-bond donors (Lipinski definition) is 0. The van der Waals surface area contributed by atoms with Crippen molar-refractivity contribution in [3.8, 4) is 27.9 Å². The summed E-state index contributed by atoms with van der Waals surface area (Å²) in [7, 11) is 6.35. The maximum Gasteiger partial charge on any atom is 0.0541 e. The van der Waals surface area contributed by atoms with Gasteiger partial charge in [0.1, 0.15) is 0 Å². The van der Waals surface area contributed by atoms with Crippen molar-refractivity contribution < 1.29 is 0 Å². The van der Waals surface area contributed by atoms with Gasteiger partial charge >= 0.3 is 0 Å². The van der Waals surface area contributed by atoms with Crippen molar-refractivity contribution in [2.24, 2.45) is 0 Å². The fourth-order valence-electron chi connectivity index (χ4n) is 7.64. The molecule has 0 amide bonds. The van der Waals surface area contributed by atoms with Crippen LogP contribution < -0.4 is 14.7 Å². The van der Waals surface area contributed by atoms with Crippen LogP contribution in [-0.2, 0) is 0 Å². The molecule has 55 heavy (non-hydrogen) atoms. The molecule has 0 saturated carbocycles. The first-order valence-electron chi connectivity index (χ1n) is 18.8. The number of aromatic nitrogens is 1. The largest absolute Gasteiger partial charge is 0.345 e. The second-order valence-corrected chi connectivity index (χ2v) is 14.1. The molecule has 4 heteroatoms. The zero-order chi connectivity index (χ0) is 37.3. The number of rotatable bonds is 9. The maximum atomic E-state index is 2.40. The van der Waals surface area contributed by atoms with Crippen LogP contribution in [0.1, 0.15) is 0 Å². The average molecular weight is 711 g/mol. The minimum Gasteiger partial charge on any atom is -0.345 e. The van der Waals surface area contributed by atoms with Gasteiger partial charge in [-0.05, 0) is 131 Å². The van der Waals surface area contributed by atoms with Crippen molar-refractivity contribution in [1.82, 2.24) is 4.57 Å². The lowest BCUT2D eigenvalue weighted by Gasteiger charge is -2.20. The molecule has 0 radical (unpaired) electrons. The molecule has 0 saturated heterocycles. The van der Waals surface area contributed by atoms with Gasteiger partial charge in [-0.15, -0.1) is 0 Å². The Morgan fingerprint density at radius 2 is 0.582 bits per heavy atom. The second-order valence-electron chi connectivity index (χ2n) is 14.1. The first-order chi connectivity index (χ1) is 27.0. The van der Waals surface area contributed by atoms with Crippen LogP contribution in [0.2, 0.25) is 0 Å². The Bertz CT molecular complexity index is 2560. The Morgan fingerprint density at radius 3 is 0.927 bits per heavy atom. The zero-order valence-corrected chi connectivity index (χ0v) is 31.3. The van der Waals surface area contributed by atoms with Crippen LogP contribution in [0, 0.1) is 0 Å². The van der Waals surface area contributed by atoms with E-state index in [1.54, 1.807) is 0 Å². The van der Waals surface area contributed by atoms with Crippen molar-refractivity contribution in [3.63, 3.8) is 0 Å². The highest BCUT2D eigenvalue weighted by Gasteiger charge is 2.16. The molecule has 0 N–H and O–H groups in total. The van der Waals surface area contributed by atoms with Gasteiger partial charge in [0.05, 0.1) is 11.0 Å². The third-order valence-corrected chi connectivity index (χ3v) is 10.9. The van der Waals surface area contributed by atoms with Crippen LogP contribution in [0.4, 0.5) is 34.1 Å². The Hall–Kier alpha value is -7.04. The number of benzene rings is 8. The fourth-order valence-corrected chi connectivity index (χ4v) is 7.64. The third kappa shape index (κ3) is 6.49. The van der Waals surface area contributed by atoms with Crippen molar-refractivity contribution in [2.45, 2.75) is 0 Å². The number of para-hydroxylation sites is 3. The Balaban J connectivity index is 1.12. The van der Waals surface area contributed by atoms with Gasteiger partial charge in [0.2, 0.25) is 0 Å². The van der Waals surface area contributed by atoms with Gasteiger partial charge in [0, 0.05) is 71.7 Å². The van der Waals surface area contributed by atoms with Crippen LogP contribution in [0.25, 0.3) is 49.7 Å². The van der Waals surface area contributed by atoms with Crippen LogP contribution in [0.5, 0.6) is 0 Å². The van der Waals surface area contributed by atoms with Crippen molar-refractivity contribution in [2.75, 3.05) is 35.8 Å². The van der Waals surface area contributed by atoms with Gasteiger partial charge in [0.25, 0.3) is 0 Å². The summed E-state index contributed by atoms with van der Waals surface area (Å²) in [6, 6.07) is 71.9. The van der Waals surface area contributed by atoms with Crippen molar-refractivity contribution >= 4 is 55.9 Å². The Labute approximate surface area is 323 Å². The highest BCUT2D eigenvalue weighted by molar-refractivity contribution is 6.11. The number of hydrogen-bond acceptors (Lipinski definition) is 3. The second kappa shape index (κ2) is 14.4. The molecular weight excluding hydrogens is 669 g/mol. The van der Waals surface area contributed by atoms with E-state index in [0.717, 1.165) is 39.8 Å². The molecule has 1 heterocycles. The number of nitrogens with zero attached hydrogens (tertiary/aromatic N) is 4. The van der Waals surface area contributed by atoms with E-state index in [1.807, 2.05) is 0 Å². The highest BCUT2D eigenvalue weighted by Crippen LogP contribution is 2.39. The predicted molar refractivity (Wildman–Crippen MR) is 235 cm³/mol. The molecule has 9 rings (SSSR count). The lowest BCUT2D eigenvalue weighted by Crippen LogP contribution is -2.09. The monoisotopic (exact) mass is 710 g/mol. The smallest absolute Gasteiger partial charge is 0.0541 e. The van der Waals surface area contributed by atoms with E-state index in [4.69, 9.17) is 0 Å². The van der Waals surface area contributed by atoms with Crippen LogP contribution in [-0.4, -0.2) is 25.7 Å². The Kier molecular flexibility index (Phi) is 8.85. The first-order valence-corrected chi connectivity index (χ1v) is 18.8. The third-order valence-electron chi connectivity index (χ3n) is 10.9. The quantitative estimate of drug-likeness (QED) is 0.148. The minimum absolute atomic E-state index is 1.13. The summed E-state index contributed by atoms with van der Waals surface area (Å²) in [5.74, 6) is 0. The molecule has 0 bridgehead atoms. The summed E-state index contributed by atoms with van der Waals surface area (Å²) in [4.78, 5) is 6.66. The van der Waals surface area contributed by atoms with Gasteiger partial charge in [0.15, 0.2) is 0 Å². The molecule has 9 aromatic rings. The predicted octanol–water partition coefficient (Wildman–Crippen LogP) is 13.4. The summed E-state index contributed by atoms with van der Waals surface area (Å²) < 4.78 is 2.40. The fraction of sp³-hybridized carbons (Fsp3) is 0.0588. The van der Waals surface area contributed by atoms with Crippen molar-refractivity contribution in [3.05, 3.63) is 200 Å². The summed E-state index contributed by atoms with van der Waals surface area (Å²) in [5, 5.41) is 2.46. The van der Waals surface area contributed by atoms with E-state index >= 15 is 0 Å². The van der Waals surface area contributed by atoms with Crippen LogP contribution in [0.15, 0.2) is 200 Å². The molecule has 0 atom stereocenters. The Morgan fingerprint density at radius 1 is 0.291 bits per heavy atom. The van der Waals surface area contributed by atoms with Crippen LogP contribution in [0.3, 0.4) is 0 Å². The molecule has 266 valence electrons. The average Bonchev–Trinajstić information content (AvgIpc) is 3.59. The van der Waals surface area contributed by atoms with Gasteiger partial charge in [-0.3, -0.25) is 0 Å². The maximum absolute atomic E-state index is 2.40. The number of fused-ring (bicyclic) bond motifs is 3. The topological polar surface area (TPSA) is 14.7 Å². The van der Waals surface area contributed by atoms with Gasteiger partial charge in [-0.2, -0.15) is 0 Å². The normalized spacial score (nSPS) is 11.2. The molecule has 4 nitrogen and oxygen atoms in total. The van der Waals surface area contributed by atoms with Gasteiger partial charge < -0.3 is 19.3 Å². The first kappa shape index (κ1) is 33.8. The van der Waals surface area contributed by atoms with Gasteiger partial charge in [-0.25, -0.2) is 0 Å². The molecule has 0 aliphatic heterocycles. The van der Waals surface area contributed by atoms with E-state index < -0.39 is 0 Å². The molecular formula is C51H42N4.